The van der Waals surface area contributed by atoms with Crippen molar-refractivity contribution in [2.24, 2.45) is 0 Å². The van der Waals surface area contributed by atoms with Crippen LogP contribution in [-0.2, 0) is 34.4 Å². The largest absolute Gasteiger partial charge is 0.486 e. The van der Waals surface area contributed by atoms with Gasteiger partial charge in [0.05, 0.1) is 11.3 Å². The van der Waals surface area contributed by atoms with Gasteiger partial charge in [0.1, 0.15) is 23.8 Å². The van der Waals surface area contributed by atoms with Gasteiger partial charge in [0.25, 0.3) is 5.91 Å². The third-order valence-electron chi connectivity index (χ3n) is 7.08. The minimum Gasteiger partial charge on any atom is -0.486 e. The van der Waals surface area contributed by atoms with Gasteiger partial charge in [-0.2, -0.15) is 0 Å². The summed E-state index contributed by atoms with van der Waals surface area (Å²) in [6.45, 7) is 6.53. The van der Waals surface area contributed by atoms with Crippen LogP contribution in [0.2, 0.25) is 0 Å². The first-order valence-corrected chi connectivity index (χ1v) is 15.2. The van der Waals surface area contributed by atoms with E-state index in [1.54, 1.807) is 30.0 Å². The average Bonchev–Trinajstić information content (AvgIpc) is 3.56. The molecule has 39 heavy (non-hydrogen) atoms. The first-order valence-electron chi connectivity index (χ1n) is 13.6. The fourth-order valence-corrected chi connectivity index (χ4v) is 5.91. The number of aryl methyl sites for hydroxylation is 1. The van der Waals surface area contributed by atoms with Crippen LogP contribution < -0.4 is 9.46 Å². The lowest BCUT2D eigenvalue weighted by atomic mass is 9.96. The Balaban J connectivity index is 1.59. The summed E-state index contributed by atoms with van der Waals surface area (Å²) in [4.78, 5) is 32.0. The van der Waals surface area contributed by atoms with Gasteiger partial charge in [-0.3, -0.25) is 9.59 Å². The summed E-state index contributed by atoms with van der Waals surface area (Å²) in [6, 6.07) is 3.42. The first-order chi connectivity index (χ1) is 18.7. The van der Waals surface area contributed by atoms with Crippen LogP contribution >= 0.6 is 0 Å². The fourth-order valence-electron chi connectivity index (χ4n) is 4.83. The van der Waals surface area contributed by atoms with E-state index in [0.29, 0.717) is 43.3 Å². The predicted octanol–water partition coefficient (Wildman–Crippen LogP) is 4.71. The van der Waals surface area contributed by atoms with Crippen molar-refractivity contribution in [2.45, 2.75) is 78.4 Å². The Hall–Kier alpha value is -3.40. The molecule has 0 fully saturated rings. The van der Waals surface area contributed by atoms with E-state index in [0.717, 1.165) is 36.8 Å². The van der Waals surface area contributed by atoms with Crippen LogP contribution in [0.1, 0.15) is 90.7 Å². The number of allylic oxidation sites excluding steroid dienone is 3. The van der Waals surface area contributed by atoms with E-state index in [9.17, 15) is 18.0 Å². The normalized spacial score (nSPS) is 15.6. The molecule has 1 N–H and O–H groups in total. The molecule has 1 aliphatic heterocycles. The molecule has 1 aromatic heterocycles. The van der Waals surface area contributed by atoms with Crippen LogP contribution in [0.15, 0.2) is 40.9 Å². The number of amides is 2. The van der Waals surface area contributed by atoms with Crippen molar-refractivity contribution >= 4 is 21.8 Å². The summed E-state index contributed by atoms with van der Waals surface area (Å²) >= 11 is 0. The maximum Gasteiger partial charge on any atom is 0.268 e. The lowest BCUT2D eigenvalue weighted by Crippen LogP contribution is -2.36. The molecule has 0 saturated heterocycles. The van der Waals surface area contributed by atoms with Crippen molar-refractivity contribution in [1.29, 1.82) is 0 Å². The van der Waals surface area contributed by atoms with Crippen molar-refractivity contribution in [2.75, 3.05) is 12.3 Å². The highest BCUT2D eigenvalue weighted by molar-refractivity contribution is 7.90. The molecule has 2 aliphatic rings. The van der Waals surface area contributed by atoms with Crippen LogP contribution in [0.5, 0.6) is 5.75 Å². The number of sulfonamides is 1. The number of rotatable bonds is 11. The van der Waals surface area contributed by atoms with Crippen molar-refractivity contribution < 1.29 is 27.2 Å². The van der Waals surface area contributed by atoms with Gasteiger partial charge in [0.15, 0.2) is 5.89 Å². The van der Waals surface area contributed by atoms with Crippen LogP contribution in [0.4, 0.5) is 0 Å². The van der Waals surface area contributed by atoms with E-state index >= 15 is 0 Å². The van der Waals surface area contributed by atoms with E-state index in [4.69, 9.17) is 9.15 Å². The molecule has 210 valence electrons. The number of benzene rings is 1. The molecule has 0 spiro atoms. The molecule has 0 unspecified atom stereocenters. The van der Waals surface area contributed by atoms with E-state index in [1.165, 1.54) is 6.08 Å². The summed E-state index contributed by atoms with van der Waals surface area (Å²) in [7, 11) is -3.79. The third kappa shape index (κ3) is 7.17. The summed E-state index contributed by atoms with van der Waals surface area (Å²) in [5.41, 5.74) is 2.50. The monoisotopic (exact) mass is 555 g/mol. The van der Waals surface area contributed by atoms with Crippen LogP contribution in [0.3, 0.4) is 0 Å². The summed E-state index contributed by atoms with van der Waals surface area (Å²) in [6.07, 6.45) is 11.9. The number of hydrogen-bond donors (Lipinski definition) is 1. The molecule has 2 aromatic rings. The topological polar surface area (TPSA) is 119 Å². The molecule has 1 aliphatic carbocycles. The fraction of sp³-hybridized carbons (Fsp3) is 0.483. The Kier molecular flexibility index (Phi) is 9.27. The Labute approximate surface area is 230 Å². The van der Waals surface area contributed by atoms with Gasteiger partial charge in [-0.05, 0) is 68.9 Å². The molecule has 1 aromatic carbocycles. The van der Waals surface area contributed by atoms with Crippen molar-refractivity contribution in [3.8, 4) is 5.75 Å². The van der Waals surface area contributed by atoms with Gasteiger partial charge < -0.3 is 14.1 Å². The second-order valence-electron chi connectivity index (χ2n) is 10.1. The average molecular weight is 556 g/mol. The van der Waals surface area contributed by atoms with E-state index < -0.39 is 15.9 Å². The molecular formula is C29H37N3O6S. The van der Waals surface area contributed by atoms with Gasteiger partial charge in [-0.1, -0.05) is 38.0 Å². The zero-order valence-electron chi connectivity index (χ0n) is 22.9. The Morgan fingerprint density at radius 2 is 1.97 bits per heavy atom. The van der Waals surface area contributed by atoms with Crippen LogP contribution in [0, 0.1) is 6.92 Å². The molecule has 2 heterocycles. The number of fused-ring (bicyclic) bond motifs is 1. The molecule has 10 heteroatoms. The van der Waals surface area contributed by atoms with Gasteiger partial charge in [0, 0.05) is 19.0 Å². The highest BCUT2D eigenvalue weighted by Crippen LogP contribution is 2.32. The summed E-state index contributed by atoms with van der Waals surface area (Å²) in [5.74, 6) is 0.817. The Morgan fingerprint density at radius 1 is 1.21 bits per heavy atom. The van der Waals surface area contributed by atoms with Crippen LogP contribution in [-0.4, -0.2) is 42.4 Å². The zero-order valence-corrected chi connectivity index (χ0v) is 23.7. The zero-order chi connectivity index (χ0) is 28.0. The van der Waals surface area contributed by atoms with Gasteiger partial charge in [-0.15, -0.1) is 0 Å². The molecule has 0 saturated carbocycles. The van der Waals surface area contributed by atoms with E-state index in [2.05, 4.69) is 21.9 Å². The van der Waals surface area contributed by atoms with Crippen molar-refractivity contribution in [1.82, 2.24) is 14.6 Å². The molecule has 9 nitrogen and oxygen atoms in total. The molecule has 2 amide bonds. The highest BCUT2D eigenvalue weighted by Gasteiger charge is 2.26. The SMILES string of the molecule is C/C=C/C(=O)N1CCc2cc(C(=O)NS(=O)(=O)CCCCC)c(OCc3nc(C4CC=CC4)oc3C)cc2C1. The smallest absolute Gasteiger partial charge is 0.268 e. The number of nitrogens with zero attached hydrogens (tertiary/aromatic N) is 2. The number of aromatic nitrogens is 1. The van der Waals surface area contributed by atoms with Crippen molar-refractivity contribution in [3.05, 3.63) is 70.5 Å². The number of hydrogen-bond acceptors (Lipinski definition) is 7. The molecule has 0 radical (unpaired) electrons. The Morgan fingerprint density at radius 3 is 2.69 bits per heavy atom. The minimum atomic E-state index is -3.79. The standard InChI is InChI=1S/C29H37N3O6S/c1-4-6-9-15-39(35,36)31-28(34)24-16-22-13-14-32(27(33)10-5-2)18-23(22)17-26(24)37-19-25-20(3)38-29(30-25)21-11-7-8-12-21/h5,7-8,10,16-17,21H,4,6,9,11-15,18-19H2,1-3H3,(H,31,34)/b10-5+. The molecule has 0 bridgehead atoms. The second kappa shape index (κ2) is 12.6. The lowest BCUT2D eigenvalue weighted by molar-refractivity contribution is -0.126. The van der Waals surface area contributed by atoms with Gasteiger partial charge in [0.2, 0.25) is 15.9 Å². The number of carbonyl (C=O) groups is 2. The van der Waals surface area contributed by atoms with Crippen molar-refractivity contribution in [3.63, 3.8) is 0 Å². The summed E-state index contributed by atoms with van der Waals surface area (Å²) < 4.78 is 39.4. The number of oxazole rings is 1. The highest BCUT2D eigenvalue weighted by atomic mass is 32.2. The maximum absolute atomic E-state index is 13.2. The second-order valence-corrected chi connectivity index (χ2v) is 11.9. The van der Waals surface area contributed by atoms with Gasteiger partial charge in [-0.25, -0.2) is 18.1 Å². The predicted molar refractivity (Wildman–Crippen MR) is 148 cm³/mol. The molecule has 0 atom stereocenters. The lowest BCUT2D eigenvalue weighted by Gasteiger charge is -2.29. The van der Waals surface area contributed by atoms with E-state index in [-0.39, 0.29) is 35.5 Å². The quantitative estimate of drug-likeness (QED) is 0.242. The molecular weight excluding hydrogens is 518 g/mol. The maximum atomic E-state index is 13.2. The van der Waals surface area contributed by atoms with Gasteiger partial charge >= 0.3 is 0 Å². The number of ether oxygens (including phenoxy) is 1. The van der Waals surface area contributed by atoms with E-state index in [1.807, 2.05) is 13.8 Å². The number of unbranched alkanes of at least 4 members (excludes halogenated alkanes) is 2. The first kappa shape index (κ1) is 28.6. The molecule has 4 rings (SSSR count). The Bertz CT molecular complexity index is 1370. The minimum absolute atomic E-state index is 0.0546. The number of nitrogens with one attached hydrogen (secondary N) is 1. The number of carbonyl (C=O) groups excluding carboxylic acids is 2. The third-order valence-corrected chi connectivity index (χ3v) is 8.40. The van der Waals surface area contributed by atoms with Crippen LogP contribution in [0.25, 0.3) is 0 Å². The summed E-state index contributed by atoms with van der Waals surface area (Å²) in [5, 5.41) is 0.